The molecule has 0 spiro atoms. The zero-order valence-electron chi connectivity index (χ0n) is 13.5. The fraction of sp³-hybridized carbons (Fsp3) is 0.167. The van der Waals surface area contributed by atoms with E-state index in [1.54, 1.807) is 25.5 Å². The lowest BCUT2D eigenvalue weighted by molar-refractivity contribution is -0.118. The quantitative estimate of drug-likeness (QED) is 0.644. The van der Waals surface area contributed by atoms with E-state index in [-0.39, 0.29) is 11.2 Å². The molecule has 1 saturated heterocycles. The number of methoxy groups -OCH3 is 1. The van der Waals surface area contributed by atoms with E-state index in [0.29, 0.717) is 16.6 Å². The normalized spacial score (nSPS) is 18.7. The molecule has 1 N–H and O–H groups in total. The summed E-state index contributed by atoms with van der Waals surface area (Å²) in [6.45, 7) is 0. The molecule has 25 heavy (non-hydrogen) atoms. The van der Waals surface area contributed by atoms with Gasteiger partial charge in [-0.15, -0.1) is 5.10 Å². The Kier molecular flexibility index (Phi) is 5.73. The summed E-state index contributed by atoms with van der Waals surface area (Å²) in [6, 6.07) is 15.0. The van der Waals surface area contributed by atoms with Crippen LogP contribution in [0.3, 0.4) is 0 Å². The average molecular weight is 374 g/mol. The number of nitrogens with one attached hydrogen (secondary N) is 1. The minimum absolute atomic E-state index is 0.0544. The number of benzene rings is 2. The van der Waals surface area contributed by atoms with Gasteiger partial charge >= 0.3 is 0 Å². The molecule has 0 aliphatic carbocycles. The second-order valence-corrected chi connectivity index (χ2v) is 6.98. The third-order valence-corrected chi connectivity index (χ3v) is 4.91. The second kappa shape index (κ2) is 8.18. The predicted molar refractivity (Wildman–Crippen MR) is 103 cm³/mol. The molecular formula is C18H16ClN3O2S. The van der Waals surface area contributed by atoms with E-state index in [2.05, 4.69) is 15.5 Å². The Balaban J connectivity index is 1.60. The van der Waals surface area contributed by atoms with Crippen LogP contribution in [0.15, 0.2) is 58.7 Å². The fourth-order valence-electron chi connectivity index (χ4n) is 2.26. The van der Waals surface area contributed by atoms with Crippen LogP contribution in [0.1, 0.15) is 11.1 Å². The van der Waals surface area contributed by atoms with Crippen molar-refractivity contribution >= 4 is 40.7 Å². The number of thioether (sulfide) groups is 1. The second-order valence-electron chi connectivity index (χ2n) is 5.35. The van der Waals surface area contributed by atoms with Gasteiger partial charge in [0.15, 0.2) is 5.17 Å². The summed E-state index contributed by atoms with van der Waals surface area (Å²) < 4.78 is 5.14. The van der Waals surface area contributed by atoms with Crippen molar-refractivity contribution in [1.29, 1.82) is 0 Å². The number of carbonyl (C=O) groups excluding carboxylic acids is 1. The first-order valence-electron chi connectivity index (χ1n) is 7.61. The van der Waals surface area contributed by atoms with Crippen molar-refractivity contribution in [3.8, 4) is 5.75 Å². The number of ether oxygens (including phenoxy) is 1. The average Bonchev–Trinajstić information content (AvgIpc) is 2.97. The number of hydrogen-bond donors (Lipinski definition) is 1. The lowest BCUT2D eigenvalue weighted by Crippen LogP contribution is -2.25. The van der Waals surface area contributed by atoms with E-state index >= 15 is 0 Å². The summed E-state index contributed by atoms with van der Waals surface area (Å²) in [5, 5.41) is 11.8. The van der Waals surface area contributed by atoms with Gasteiger partial charge < -0.3 is 10.1 Å². The Morgan fingerprint density at radius 3 is 2.60 bits per heavy atom. The van der Waals surface area contributed by atoms with Crippen molar-refractivity contribution < 1.29 is 9.53 Å². The van der Waals surface area contributed by atoms with Crippen molar-refractivity contribution in [2.24, 2.45) is 10.2 Å². The molecule has 0 aromatic heterocycles. The first-order valence-corrected chi connectivity index (χ1v) is 8.87. The maximum atomic E-state index is 12.1. The molecule has 1 heterocycles. The van der Waals surface area contributed by atoms with Gasteiger partial charge in [-0.25, -0.2) is 0 Å². The van der Waals surface area contributed by atoms with Gasteiger partial charge in [0.25, 0.3) is 0 Å². The Morgan fingerprint density at radius 1 is 1.20 bits per heavy atom. The molecule has 1 unspecified atom stereocenters. The van der Waals surface area contributed by atoms with Crippen molar-refractivity contribution in [2.45, 2.75) is 11.7 Å². The molecule has 5 nitrogen and oxygen atoms in total. The van der Waals surface area contributed by atoms with Crippen molar-refractivity contribution in [3.05, 3.63) is 64.7 Å². The van der Waals surface area contributed by atoms with E-state index in [1.165, 1.54) is 11.8 Å². The first kappa shape index (κ1) is 17.5. The number of carbonyl (C=O) groups is 1. The maximum Gasteiger partial charge on any atom is 0.239 e. The molecule has 1 fully saturated rings. The molecule has 1 aliphatic heterocycles. The van der Waals surface area contributed by atoms with Crippen molar-refractivity contribution in [2.75, 3.05) is 7.11 Å². The van der Waals surface area contributed by atoms with E-state index in [1.807, 2.05) is 36.4 Å². The van der Waals surface area contributed by atoms with E-state index in [4.69, 9.17) is 16.3 Å². The highest BCUT2D eigenvalue weighted by molar-refractivity contribution is 8.15. The largest absolute Gasteiger partial charge is 0.497 e. The highest BCUT2D eigenvalue weighted by Gasteiger charge is 2.30. The third kappa shape index (κ3) is 4.84. The van der Waals surface area contributed by atoms with Gasteiger partial charge in [0, 0.05) is 5.02 Å². The maximum absolute atomic E-state index is 12.1. The fourth-order valence-corrected chi connectivity index (χ4v) is 3.35. The molecule has 3 rings (SSSR count). The molecule has 128 valence electrons. The van der Waals surface area contributed by atoms with Crippen molar-refractivity contribution in [3.63, 3.8) is 0 Å². The number of halogens is 1. The van der Waals surface area contributed by atoms with Gasteiger partial charge in [0.1, 0.15) is 5.75 Å². The molecule has 7 heteroatoms. The number of rotatable bonds is 5. The minimum Gasteiger partial charge on any atom is -0.497 e. The zero-order valence-corrected chi connectivity index (χ0v) is 15.1. The van der Waals surface area contributed by atoms with Crippen LogP contribution in [0.4, 0.5) is 0 Å². The first-order chi connectivity index (χ1) is 12.1. The summed E-state index contributed by atoms with van der Waals surface area (Å²) >= 11 is 7.22. The van der Waals surface area contributed by atoms with Crippen LogP contribution in [0.2, 0.25) is 5.02 Å². The molecule has 2 aromatic rings. The van der Waals surface area contributed by atoms with E-state index < -0.39 is 0 Å². The predicted octanol–water partition coefficient (Wildman–Crippen LogP) is 3.51. The molecule has 0 bridgehead atoms. The van der Waals surface area contributed by atoms with Crippen molar-refractivity contribution in [1.82, 2.24) is 5.32 Å². The zero-order chi connectivity index (χ0) is 17.6. The number of amidine groups is 1. The Hall–Kier alpha value is -2.31. The van der Waals surface area contributed by atoms with Gasteiger partial charge in [-0.1, -0.05) is 47.6 Å². The summed E-state index contributed by atoms with van der Waals surface area (Å²) in [5.74, 6) is 0.743. The van der Waals surface area contributed by atoms with Crippen LogP contribution in [-0.2, 0) is 11.2 Å². The molecular weight excluding hydrogens is 358 g/mol. The van der Waals surface area contributed by atoms with Gasteiger partial charge in [-0.2, -0.15) is 5.10 Å². The number of hydrogen-bond acceptors (Lipinski definition) is 5. The standard InChI is InChI=1S/C18H16ClN3O2S/c1-24-15-8-4-12(5-9-15)10-16-17(23)21-18(25-16)22-20-11-13-2-6-14(19)7-3-13/h2-9,11,16H,10H2,1H3,(H,21,22,23). The Bertz CT molecular complexity index is 804. The van der Waals surface area contributed by atoms with Crippen LogP contribution < -0.4 is 10.1 Å². The summed E-state index contributed by atoms with van der Waals surface area (Å²) in [4.78, 5) is 12.1. The molecule has 1 amide bonds. The SMILES string of the molecule is COc1ccc(CC2S/C(=N/N=Cc3ccc(Cl)cc3)NC2=O)cc1. The van der Waals surface area contributed by atoms with Crippen LogP contribution >= 0.6 is 23.4 Å². The van der Waals surface area contributed by atoms with Crippen LogP contribution in [0, 0.1) is 0 Å². The van der Waals surface area contributed by atoms with Gasteiger partial charge in [-0.3, -0.25) is 4.79 Å². The Labute approximate surface area is 155 Å². The topological polar surface area (TPSA) is 63.1 Å². The van der Waals surface area contributed by atoms with Crippen LogP contribution in [0.25, 0.3) is 0 Å². The number of nitrogens with zero attached hydrogens (tertiary/aromatic N) is 2. The molecule has 0 radical (unpaired) electrons. The summed E-state index contributed by atoms with van der Waals surface area (Å²) in [7, 11) is 1.63. The lowest BCUT2D eigenvalue weighted by Gasteiger charge is -2.06. The highest BCUT2D eigenvalue weighted by atomic mass is 35.5. The van der Waals surface area contributed by atoms with E-state index in [0.717, 1.165) is 16.9 Å². The summed E-state index contributed by atoms with van der Waals surface area (Å²) in [5.41, 5.74) is 1.96. The molecule has 1 aliphatic rings. The van der Waals surface area contributed by atoms with Crippen LogP contribution in [-0.4, -0.2) is 29.6 Å². The Morgan fingerprint density at radius 2 is 1.92 bits per heavy atom. The smallest absolute Gasteiger partial charge is 0.239 e. The third-order valence-electron chi connectivity index (χ3n) is 3.58. The molecule has 0 saturated carbocycles. The lowest BCUT2D eigenvalue weighted by atomic mass is 10.1. The number of amides is 1. The van der Waals surface area contributed by atoms with Gasteiger partial charge in [0.2, 0.25) is 5.91 Å². The van der Waals surface area contributed by atoms with Gasteiger partial charge in [0.05, 0.1) is 18.6 Å². The highest BCUT2D eigenvalue weighted by Crippen LogP contribution is 2.24. The van der Waals surface area contributed by atoms with Gasteiger partial charge in [-0.05, 0) is 41.8 Å². The van der Waals surface area contributed by atoms with E-state index in [9.17, 15) is 4.79 Å². The van der Waals surface area contributed by atoms with Crippen LogP contribution in [0.5, 0.6) is 5.75 Å². The monoisotopic (exact) mass is 373 g/mol. The summed E-state index contributed by atoms with van der Waals surface area (Å²) in [6.07, 6.45) is 2.24. The molecule has 2 aromatic carbocycles. The molecule has 1 atom stereocenters. The minimum atomic E-state index is -0.210.